The predicted octanol–water partition coefficient (Wildman–Crippen LogP) is 4.80. The van der Waals surface area contributed by atoms with Crippen molar-refractivity contribution in [2.24, 2.45) is 0 Å². The van der Waals surface area contributed by atoms with Crippen LogP contribution in [0.2, 0.25) is 5.02 Å². The number of ether oxygens (including phenoxy) is 1. The predicted molar refractivity (Wildman–Crippen MR) is 112 cm³/mol. The van der Waals surface area contributed by atoms with Gasteiger partial charge in [0.15, 0.2) is 4.77 Å². The zero-order valence-electron chi connectivity index (χ0n) is 15.4. The highest BCUT2D eigenvalue weighted by molar-refractivity contribution is 7.71. The molecule has 1 aliphatic heterocycles. The van der Waals surface area contributed by atoms with E-state index in [1.165, 1.54) is 12.1 Å². The van der Waals surface area contributed by atoms with Crippen molar-refractivity contribution < 1.29 is 9.13 Å². The second-order valence-electron chi connectivity index (χ2n) is 6.76. The third kappa shape index (κ3) is 4.20. The zero-order valence-corrected chi connectivity index (χ0v) is 16.9. The summed E-state index contributed by atoms with van der Waals surface area (Å²) in [5.74, 6) is -0.257. The second-order valence-corrected chi connectivity index (χ2v) is 7.56. The van der Waals surface area contributed by atoms with Crippen molar-refractivity contribution >= 4 is 23.8 Å². The number of hydrogen-bond acceptors (Lipinski definition) is 3. The van der Waals surface area contributed by atoms with E-state index in [0.717, 1.165) is 56.3 Å². The Bertz CT molecular complexity index is 992. The number of halogens is 2. The Balaban J connectivity index is 1.71. The molecule has 2 heterocycles. The van der Waals surface area contributed by atoms with Gasteiger partial charge in [0.1, 0.15) is 5.82 Å². The molecule has 0 unspecified atom stereocenters. The highest BCUT2D eigenvalue weighted by Gasteiger charge is 2.15. The van der Waals surface area contributed by atoms with E-state index in [-0.39, 0.29) is 5.82 Å². The normalized spacial score (nSPS) is 15.1. The molecule has 0 atom stereocenters. The minimum atomic E-state index is -0.257. The number of hydrogen-bond donors (Lipinski definition) is 0. The molecule has 0 radical (unpaired) electrons. The Hall–Kier alpha value is -1.99. The van der Waals surface area contributed by atoms with Gasteiger partial charge < -0.3 is 9.30 Å². The summed E-state index contributed by atoms with van der Waals surface area (Å²) in [7, 11) is 0. The summed E-state index contributed by atoms with van der Waals surface area (Å²) < 4.78 is 23.6. The first kappa shape index (κ1) is 19.3. The summed E-state index contributed by atoms with van der Waals surface area (Å²) >= 11 is 11.9. The molecule has 1 fully saturated rings. The molecule has 0 spiro atoms. The van der Waals surface area contributed by atoms with Gasteiger partial charge in [-0.15, -0.1) is 0 Å². The van der Waals surface area contributed by atoms with Crippen LogP contribution < -0.4 is 0 Å². The smallest absolute Gasteiger partial charge is 0.185 e. The molecule has 4 nitrogen and oxygen atoms in total. The highest BCUT2D eigenvalue weighted by Crippen LogP contribution is 2.26. The SMILES string of the molecule is Fc1ccc(-c2cn(CCN3CCOCC3)c(=S)n2-c2ccc(Cl)cc2)cc1. The van der Waals surface area contributed by atoms with Crippen molar-refractivity contribution in [3.63, 3.8) is 0 Å². The van der Waals surface area contributed by atoms with Crippen LogP contribution in [0.25, 0.3) is 16.9 Å². The van der Waals surface area contributed by atoms with Gasteiger partial charge >= 0.3 is 0 Å². The maximum atomic E-state index is 13.4. The van der Waals surface area contributed by atoms with Crippen molar-refractivity contribution in [2.75, 3.05) is 32.8 Å². The highest BCUT2D eigenvalue weighted by atomic mass is 35.5. The van der Waals surface area contributed by atoms with Crippen LogP contribution in [0.5, 0.6) is 0 Å². The lowest BCUT2D eigenvalue weighted by molar-refractivity contribution is 0.0363. The summed E-state index contributed by atoms with van der Waals surface area (Å²) in [5.41, 5.74) is 2.76. The van der Waals surface area contributed by atoms with Crippen LogP contribution >= 0.6 is 23.8 Å². The molecule has 146 valence electrons. The molecule has 7 heteroatoms. The van der Waals surface area contributed by atoms with Crippen molar-refractivity contribution in [3.8, 4) is 16.9 Å². The number of morpholine rings is 1. The molecule has 0 saturated carbocycles. The van der Waals surface area contributed by atoms with Crippen LogP contribution in [0.3, 0.4) is 0 Å². The van der Waals surface area contributed by atoms with Crippen molar-refractivity contribution in [1.82, 2.24) is 14.0 Å². The minimum absolute atomic E-state index is 0.257. The quantitative estimate of drug-likeness (QED) is 0.557. The third-order valence-corrected chi connectivity index (χ3v) is 5.61. The van der Waals surface area contributed by atoms with Crippen LogP contribution in [0.15, 0.2) is 54.7 Å². The van der Waals surface area contributed by atoms with E-state index in [2.05, 4.69) is 9.47 Å². The average Bonchev–Trinajstić information content (AvgIpc) is 3.05. The van der Waals surface area contributed by atoms with Crippen molar-refractivity contribution in [1.29, 1.82) is 0 Å². The number of imidazole rings is 1. The van der Waals surface area contributed by atoms with E-state index in [0.29, 0.717) is 9.79 Å². The van der Waals surface area contributed by atoms with Crippen molar-refractivity contribution in [3.05, 3.63) is 70.3 Å². The maximum Gasteiger partial charge on any atom is 0.185 e. The number of benzene rings is 2. The zero-order chi connectivity index (χ0) is 19.5. The summed E-state index contributed by atoms with van der Waals surface area (Å²) in [6.07, 6.45) is 2.05. The molecule has 4 rings (SSSR count). The lowest BCUT2D eigenvalue weighted by atomic mass is 10.1. The van der Waals surface area contributed by atoms with Gasteiger partial charge in [0, 0.05) is 48.6 Å². The fraction of sp³-hybridized carbons (Fsp3) is 0.286. The van der Waals surface area contributed by atoms with Crippen LogP contribution in [0.1, 0.15) is 0 Å². The summed E-state index contributed by atoms with van der Waals surface area (Å²) in [6, 6.07) is 14.1. The first-order chi connectivity index (χ1) is 13.6. The fourth-order valence-electron chi connectivity index (χ4n) is 3.39. The van der Waals surface area contributed by atoms with E-state index in [4.69, 9.17) is 28.6 Å². The Morgan fingerprint density at radius 3 is 2.32 bits per heavy atom. The average molecular weight is 418 g/mol. The van der Waals surface area contributed by atoms with E-state index in [9.17, 15) is 4.39 Å². The molecule has 2 aromatic carbocycles. The molecular weight excluding hydrogens is 397 g/mol. The van der Waals surface area contributed by atoms with Gasteiger partial charge in [0.2, 0.25) is 0 Å². The van der Waals surface area contributed by atoms with E-state index >= 15 is 0 Å². The van der Waals surface area contributed by atoms with Gasteiger partial charge in [0.25, 0.3) is 0 Å². The van der Waals surface area contributed by atoms with Crippen LogP contribution in [-0.4, -0.2) is 46.9 Å². The molecular formula is C21H21ClFN3OS. The fourth-order valence-corrected chi connectivity index (χ4v) is 3.86. The Morgan fingerprint density at radius 1 is 0.964 bits per heavy atom. The summed E-state index contributed by atoms with van der Waals surface area (Å²) in [6.45, 7) is 5.13. The number of aromatic nitrogens is 2. The first-order valence-corrected chi connectivity index (χ1v) is 10.0. The topological polar surface area (TPSA) is 22.3 Å². The molecule has 1 aliphatic rings. The van der Waals surface area contributed by atoms with Gasteiger partial charge in [0.05, 0.1) is 18.9 Å². The lowest BCUT2D eigenvalue weighted by Crippen LogP contribution is -2.38. The lowest BCUT2D eigenvalue weighted by Gasteiger charge is -2.26. The number of rotatable bonds is 5. The molecule has 0 bridgehead atoms. The van der Waals surface area contributed by atoms with Crippen molar-refractivity contribution in [2.45, 2.75) is 6.54 Å². The molecule has 0 N–H and O–H groups in total. The van der Waals surface area contributed by atoms with E-state index in [1.807, 2.05) is 35.0 Å². The van der Waals surface area contributed by atoms with E-state index < -0.39 is 0 Å². The van der Waals surface area contributed by atoms with Crippen LogP contribution in [0, 0.1) is 10.6 Å². The van der Waals surface area contributed by atoms with Crippen LogP contribution in [0.4, 0.5) is 4.39 Å². The molecule has 1 saturated heterocycles. The Labute approximate surface area is 173 Å². The Kier molecular flexibility index (Phi) is 5.92. The van der Waals surface area contributed by atoms with Gasteiger partial charge in [-0.05, 0) is 60.7 Å². The second kappa shape index (κ2) is 8.57. The molecule has 1 aromatic heterocycles. The molecule has 0 aliphatic carbocycles. The molecule has 0 amide bonds. The number of nitrogens with zero attached hydrogens (tertiary/aromatic N) is 3. The standard InChI is InChI=1S/C21H21ClFN3OS/c22-17-3-7-19(8-4-17)26-20(16-1-5-18(23)6-2-16)15-25(21(26)28)10-9-24-11-13-27-14-12-24/h1-8,15H,9-14H2. The van der Waals surface area contributed by atoms with E-state index in [1.54, 1.807) is 12.1 Å². The summed E-state index contributed by atoms with van der Waals surface area (Å²) in [5, 5.41) is 0.672. The molecule has 3 aromatic rings. The molecule has 28 heavy (non-hydrogen) atoms. The minimum Gasteiger partial charge on any atom is -0.379 e. The largest absolute Gasteiger partial charge is 0.379 e. The third-order valence-electron chi connectivity index (χ3n) is 4.94. The van der Waals surface area contributed by atoms with Gasteiger partial charge in [-0.2, -0.15) is 0 Å². The van der Waals surface area contributed by atoms with Crippen LogP contribution in [-0.2, 0) is 11.3 Å². The maximum absolute atomic E-state index is 13.4. The van der Waals surface area contributed by atoms with Gasteiger partial charge in [-0.3, -0.25) is 9.47 Å². The first-order valence-electron chi connectivity index (χ1n) is 9.26. The van der Waals surface area contributed by atoms with Gasteiger partial charge in [-0.25, -0.2) is 4.39 Å². The Morgan fingerprint density at radius 2 is 1.64 bits per heavy atom. The van der Waals surface area contributed by atoms with Gasteiger partial charge in [-0.1, -0.05) is 11.6 Å². The summed E-state index contributed by atoms with van der Waals surface area (Å²) in [4.78, 5) is 2.38. The monoisotopic (exact) mass is 417 g/mol.